The number of nitrogens with zero attached hydrogens (tertiary/aromatic N) is 1. The maximum absolute atomic E-state index is 12.8. The first-order valence-corrected chi connectivity index (χ1v) is 6.68. The number of hydrogen-bond acceptors (Lipinski definition) is 2. The Bertz CT molecular complexity index is 379. The summed E-state index contributed by atoms with van der Waals surface area (Å²) in [6, 6.07) is 6.88. The van der Waals surface area contributed by atoms with Gasteiger partial charge in [-0.2, -0.15) is 0 Å². The minimum Gasteiger partial charge on any atom is -0.282 e. The summed E-state index contributed by atoms with van der Waals surface area (Å²) in [6.45, 7) is 2.09. The van der Waals surface area contributed by atoms with Crippen LogP contribution in [0.5, 0.6) is 0 Å². The van der Waals surface area contributed by atoms with Crippen LogP contribution >= 0.6 is 23.4 Å². The fourth-order valence-electron chi connectivity index (χ4n) is 1.91. The van der Waals surface area contributed by atoms with Crippen LogP contribution in [0.1, 0.15) is 18.4 Å². The minimum atomic E-state index is -0.208. The summed E-state index contributed by atoms with van der Waals surface area (Å²) < 4.78 is 12.8. The van der Waals surface area contributed by atoms with E-state index in [0.717, 1.165) is 5.56 Å². The van der Waals surface area contributed by atoms with Crippen LogP contribution in [0.25, 0.3) is 0 Å². The van der Waals surface area contributed by atoms with Crippen molar-refractivity contribution < 1.29 is 4.39 Å². The van der Waals surface area contributed by atoms with Crippen molar-refractivity contribution in [1.29, 1.82) is 0 Å². The lowest BCUT2D eigenvalue weighted by Gasteiger charge is -2.23. The molecule has 0 N–H and O–H groups in total. The molecule has 0 radical (unpaired) electrons. The van der Waals surface area contributed by atoms with Crippen molar-refractivity contribution in [2.45, 2.75) is 24.1 Å². The highest BCUT2D eigenvalue weighted by Crippen LogP contribution is 2.35. The Morgan fingerprint density at radius 3 is 2.62 bits per heavy atom. The lowest BCUT2D eigenvalue weighted by Crippen LogP contribution is -2.24. The van der Waals surface area contributed by atoms with E-state index in [-0.39, 0.29) is 17.8 Å². The molecule has 0 amide bonds. The molecule has 0 aliphatic carbocycles. The van der Waals surface area contributed by atoms with E-state index in [9.17, 15) is 4.39 Å². The zero-order chi connectivity index (χ0) is 11.5. The summed E-state index contributed by atoms with van der Waals surface area (Å²) in [5.41, 5.74) is 2.98. The van der Waals surface area contributed by atoms with Gasteiger partial charge in [0.15, 0.2) is 0 Å². The molecule has 0 aromatic heterocycles. The van der Waals surface area contributed by atoms with Crippen molar-refractivity contribution in [3.63, 3.8) is 0 Å². The second-order valence-corrected chi connectivity index (χ2v) is 5.24. The summed E-state index contributed by atoms with van der Waals surface area (Å²) in [4.78, 5) is 4.33. The van der Waals surface area contributed by atoms with Crippen molar-refractivity contribution in [1.82, 2.24) is 0 Å². The van der Waals surface area contributed by atoms with Gasteiger partial charge >= 0.3 is 0 Å². The molecule has 1 aliphatic rings. The number of benzene rings is 1. The highest BCUT2D eigenvalue weighted by molar-refractivity contribution is 8.13. The summed E-state index contributed by atoms with van der Waals surface area (Å²) in [7, 11) is 0. The molecule has 1 aromatic rings. The molecule has 1 aromatic carbocycles. The first kappa shape index (κ1) is 11.9. The van der Waals surface area contributed by atoms with Crippen molar-refractivity contribution in [3.05, 3.63) is 35.6 Å². The maximum atomic E-state index is 12.8. The Kier molecular flexibility index (Phi) is 3.87. The standard InChI is InChI=1S/C12H13ClFNS/c1-8-12(16-7-15-8)11(6-13)9-2-4-10(14)5-3-9/h2-5,7-8,11-12H,6H2,1H3. The highest BCUT2D eigenvalue weighted by atomic mass is 35.5. The third-order valence-corrected chi connectivity index (χ3v) is 4.46. The first-order chi connectivity index (χ1) is 7.72. The number of thioether (sulfide) groups is 1. The molecule has 2 rings (SSSR count). The van der Waals surface area contributed by atoms with E-state index in [0.29, 0.717) is 11.1 Å². The third kappa shape index (κ3) is 2.41. The topological polar surface area (TPSA) is 12.4 Å². The number of rotatable bonds is 3. The molecule has 0 spiro atoms. The predicted molar refractivity (Wildman–Crippen MR) is 69.2 cm³/mol. The lowest BCUT2D eigenvalue weighted by molar-refractivity contribution is 0.610. The van der Waals surface area contributed by atoms with Crippen molar-refractivity contribution in [3.8, 4) is 0 Å². The molecule has 0 fully saturated rings. The molecule has 1 nitrogen and oxygen atoms in total. The van der Waals surface area contributed by atoms with Crippen LogP contribution in [0.15, 0.2) is 29.3 Å². The smallest absolute Gasteiger partial charge is 0.123 e. The SMILES string of the molecule is CC1N=CSC1C(CCl)c1ccc(F)cc1. The monoisotopic (exact) mass is 257 g/mol. The average molecular weight is 258 g/mol. The molecule has 86 valence electrons. The van der Waals surface area contributed by atoms with Gasteiger partial charge in [-0.1, -0.05) is 12.1 Å². The molecule has 0 saturated carbocycles. The van der Waals surface area contributed by atoms with Gasteiger partial charge in [0.2, 0.25) is 0 Å². The van der Waals surface area contributed by atoms with E-state index in [2.05, 4.69) is 11.9 Å². The molecule has 16 heavy (non-hydrogen) atoms. The molecule has 0 bridgehead atoms. The van der Waals surface area contributed by atoms with E-state index < -0.39 is 0 Å². The van der Waals surface area contributed by atoms with E-state index in [1.165, 1.54) is 12.1 Å². The van der Waals surface area contributed by atoms with E-state index in [4.69, 9.17) is 11.6 Å². The van der Waals surface area contributed by atoms with Crippen LogP contribution in [-0.2, 0) is 0 Å². The number of aliphatic imine (C=N–C) groups is 1. The number of alkyl halides is 1. The van der Waals surface area contributed by atoms with Gasteiger partial charge in [-0.15, -0.1) is 23.4 Å². The van der Waals surface area contributed by atoms with Gasteiger partial charge in [0.25, 0.3) is 0 Å². The molecule has 3 unspecified atom stereocenters. The van der Waals surface area contributed by atoms with Gasteiger partial charge in [-0.05, 0) is 24.6 Å². The van der Waals surface area contributed by atoms with Gasteiger partial charge in [-0.3, -0.25) is 4.99 Å². The van der Waals surface area contributed by atoms with E-state index in [1.54, 1.807) is 11.8 Å². The number of halogens is 2. The Hall–Kier alpha value is -0.540. The zero-order valence-electron chi connectivity index (χ0n) is 8.94. The molecule has 1 heterocycles. The fourth-order valence-corrected chi connectivity index (χ4v) is 3.53. The first-order valence-electron chi connectivity index (χ1n) is 5.21. The second kappa shape index (κ2) is 5.19. The van der Waals surface area contributed by atoms with Crippen LogP contribution in [0.4, 0.5) is 4.39 Å². The van der Waals surface area contributed by atoms with Crippen molar-refractivity contribution in [2.75, 3.05) is 5.88 Å². The Morgan fingerprint density at radius 1 is 1.44 bits per heavy atom. The average Bonchev–Trinajstić information content (AvgIpc) is 2.69. The summed E-state index contributed by atoms with van der Waals surface area (Å²) >= 11 is 7.74. The predicted octanol–water partition coefficient (Wildman–Crippen LogP) is 3.68. The maximum Gasteiger partial charge on any atom is 0.123 e. The molecule has 4 heteroatoms. The largest absolute Gasteiger partial charge is 0.282 e. The Morgan fingerprint density at radius 2 is 2.12 bits per heavy atom. The van der Waals surface area contributed by atoms with E-state index in [1.807, 2.05) is 17.7 Å². The summed E-state index contributed by atoms with van der Waals surface area (Å²) in [5.74, 6) is 0.557. The quantitative estimate of drug-likeness (QED) is 0.753. The van der Waals surface area contributed by atoms with E-state index >= 15 is 0 Å². The van der Waals surface area contributed by atoms with Gasteiger partial charge in [-0.25, -0.2) is 4.39 Å². The minimum absolute atomic E-state index is 0.208. The van der Waals surface area contributed by atoms with Crippen molar-refractivity contribution in [2.24, 2.45) is 4.99 Å². The summed E-state index contributed by atoms with van der Waals surface area (Å²) in [5, 5.41) is 0.364. The van der Waals surface area contributed by atoms with Gasteiger partial charge in [0.1, 0.15) is 5.82 Å². The second-order valence-electron chi connectivity index (χ2n) is 3.91. The van der Waals surface area contributed by atoms with Crippen molar-refractivity contribution >= 4 is 28.9 Å². The third-order valence-electron chi connectivity index (χ3n) is 2.85. The molecule has 3 atom stereocenters. The lowest BCUT2D eigenvalue weighted by atomic mass is 9.94. The van der Waals surface area contributed by atoms with Gasteiger partial charge < -0.3 is 0 Å². The van der Waals surface area contributed by atoms with Crippen LogP contribution < -0.4 is 0 Å². The molecular weight excluding hydrogens is 245 g/mol. The highest BCUT2D eigenvalue weighted by Gasteiger charge is 2.30. The fraction of sp³-hybridized carbons (Fsp3) is 0.417. The van der Waals surface area contributed by atoms with Gasteiger partial charge in [0.05, 0.1) is 11.6 Å². The Labute approximate surface area is 104 Å². The zero-order valence-corrected chi connectivity index (χ0v) is 10.5. The van der Waals surface area contributed by atoms with Crippen LogP contribution in [0.3, 0.4) is 0 Å². The number of hydrogen-bond donors (Lipinski definition) is 0. The molecule has 1 aliphatic heterocycles. The van der Waals surface area contributed by atoms with Crippen LogP contribution in [-0.4, -0.2) is 22.7 Å². The van der Waals surface area contributed by atoms with Crippen LogP contribution in [0, 0.1) is 5.82 Å². The normalized spacial score (nSPS) is 25.9. The molecule has 0 saturated heterocycles. The van der Waals surface area contributed by atoms with Crippen LogP contribution in [0.2, 0.25) is 0 Å². The Balaban J connectivity index is 2.19. The molecular formula is C12H13ClFNS. The summed E-state index contributed by atoms with van der Waals surface area (Å²) in [6.07, 6.45) is 0. The van der Waals surface area contributed by atoms with Gasteiger partial charge in [0, 0.05) is 17.0 Å².